The lowest BCUT2D eigenvalue weighted by Gasteiger charge is -2.00. The Labute approximate surface area is 142 Å². The average molecular weight is 363 g/mol. The molecule has 2 aliphatic rings. The van der Waals surface area contributed by atoms with Crippen LogP contribution in [-0.2, 0) is 10.0 Å². The minimum absolute atomic E-state index is 0.0844. The Morgan fingerprint density at radius 2 is 1.96 bits per heavy atom. The van der Waals surface area contributed by atoms with Crippen molar-refractivity contribution in [1.82, 2.24) is 5.16 Å². The van der Waals surface area contributed by atoms with E-state index in [-0.39, 0.29) is 17.1 Å². The van der Waals surface area contributed by atoms with Crippen LogP contribution in [-0.4, -0.2) is 25.7 Å². The number of amides is 1. The Bertz CT molecular complexity index is 974. The quantitative estimate of drug-likeness (QED) is 0.578. The summed E-state index contributed by atoms with van der Waals surface area (Å²) in [5.74, 6) is -1.09. The number of carbonyl (C=O) groups is 1. The molecule has 2 aliphatic carbocycles. The third-order valence-corrected chi connectivity index (χ3v) is 4.36. The summed E-state index contributed by atoms with van der Waals surface area (Å²) in [6.07, 6.45) is 0.935. The number of rotatable bonds is 4. The second-order valence-corrected chi connectivity index (χ2v) is 7.60. The number of benzene rings is 1. The van der Waals surface area contributed by atoms with E-state index in [1.54, 1.807) is 16.8 Å². The van der Waals surface area contributed by atoms with Gasteiger partial charge in [0.05, 0.1) is 6.26 Å². The van der Waals surface area contributed by atoms with Crippen molar-refractivity contribution in [1.29, 1.82) is 0 Å². The number of fused-ring (bicyclic) bond motifs is 1. The molecule has 0 fully saturated rings. The molecule has 7 nitrogen and oxygen atoms in total. The van der Waals surface area contributed by atoms with Crippen molar-refractivity contribution in [3.8, 4) is 22.4 Å². The van der Waals surface area contributed by atoms with Crippen LogP contribution in [0.25, 0.3) is 22.4 Å². The van der Waals surface area contributed by atoms with Crippen molar-refractivity contribution in [3.63, 3.8) is 0 Å². The first-order valence-corrected chi connectivity index (χ1v) is 9.59. The van der Waals surface area contributed by atoms with E-state index in [1.807, 2.05) is 0 Å². The van der Waals surface area contributed by atoms with Crippen LogP contribution in [0, 0.1) is 0 Å². The Hall–Kier alpha value is -2.65. The fraction of sp³-hybridized carbons (Fsp3) is 0.0667. The van der Waals surface area contributed by atoms with E-state index in [4.69, 9.17) is 10.3 Å². The zero-order chi connectivity index (χ0) is 17.3. The molecule has 0 saturated heterocycles. The van der Waals surface area contributed by atoms with Crippen molar-refractivity contribution in [3.05, 3.63) is 46.7 Å². The maximum Gasteiger partial charge on any atom is 0.256 e. The molecule has 3 N–H and O–H groups in total. The molecule has 0 radical (unpaired) electrons. The van der Waals surface area contributed by atoms with Gasteiger partial charge in [-0.15, -0.1) is 0 Å². The number of nitrogens with two attached hydrogens (primary N) is 1. The van der Waals surface area contributed by atoms with Gasteiger partial charge < -0.3 is 10.3 Å². The van der Waals surface area contributed by atoms with Gasteiger partial charge in [-0.2, -0.15) is 11.3 Å². The number of carbonyl (C=O) groups excluding carboxylic acids is 1. The Morgan fingerprint density at radius 3 is 2.38 bits per heavy atom. The number of nitrogens with one attached hydrogen (secondary N) is 1. The smallest absolute Gasteiger partial charge is 0.256 e. The topological polar surface area (TPSA) is 115 Å². The van der Waals surface area contributed by atoms with Crippen molar-refractivity contribution >= 4 is 33.2 Å². The van der Waals surface area contributed by atoms with E-state index in [0.717, 1.165) is 6.26 Å². The maximum atomic E-state index is 11.4. The second-order valence-electron chi connectivity index (χ2n) is 5.07. The molecule has 2 aromatic rings. The lowest BCUT2D eigenvalue weighted by atomic mass is 10.1. The molecule has 2 aromatic heterocycles. The highest BCUT2D eigenvalue weighted by Crippen LogP contribution is 2.32. The molecule has 0 bridgehead atoms. The van der Waals surface area contributed by atoms with Crippen molar-refractivity contribution < 1.29 is 17.7 Å². The van der Waals surface area contributed by atoms with Gasteiger partial charge in [0, 0.05) is 10.9 Å². The summed E-state index contributed by atoms with van der Waals surface area (Å²) >= 11 is 1.40. The van der Waals surface area contributed by atoms with Crippen molar-refractivity contribution in [2.45, 2.75) is 0 Å². The summed E-state index contributed by atoms with van der Waals surface area (Å²) in [5, 5.41) is 7.20. The van der Waals surface area contributed by atoms with Crippen LogP contribution in [0.2, 0.25) is 0 Å². The highest BCUT2D eigenvalue weighted by molar-refractivity contribution is 7.92. The van der Waals surface area contributed by atoms with E-state index in [1.165, 1.54) is 22.5 Å². The molecular weight excluding hydrogens is 350 g/mol. The first-order valence-electron chi connectivity index (χ1n) is 6.75. The molecular formula is C15H13N3O4S2. The molecule has 0 unspecified atom stereocenters. The molecule has 1 amide bonds. The van der Waals surface area contributed by atoms with E-state index >= 15 is 0 Å². The number of aromatic nitrogens is 1. The number of hydrogen-bond acceptors (Lipinski definition) is 6. The van der Waals surface area contributed by atoms with Gasteiger partial charge in [-0.25, -0.2) is 8.42 Å². The summed E-state index contributed by atoms with van der Waals surface area (Å²) in [4.78, 5) is 11.4. The van der Waals surface area contributed by atoms with Crippen LogP contribution in [0.4, 0.5) is 5.88 Å². The summed E-state index contributed by atoms with van der Waals surface area (Å²) in [6.45, 7) is 0. The normalized spacial score (nSPS) is 11.4. The Kier molecular flexibility index (Phi) is 4.12. The number of nitrogens with zero attached hydrogens (tertiary/aromatic N) is 1. The molecule has 0 aromatic carbocycles. The molecule has 9 heteroatoms. The van der Waals surface area contributed by atoms with Crippen LogP contribution in [0.3, 0.4) is 0 Å². The first kappa shape index (κ1) is 16.2. The molecule has 0 aliphatic heterocycles. The number of hydrogen-bond donors (Lipinski definition) is 2. The lowest BCUT2D eigenvalue weighted by Crippen LogP contribution is -2.16. The van der Waals surface area contributed by atoms with Crippen LogP contribution in [0.5, 0.6) is 0 Å². The number of anilines is 1. The van der Waals surface area contributed by atoms with Gasteiger partial charge in [-0.1, -0.05) is 23.4 Å². The number of thiophene rings is 1. The second kappa shape index (κ2) is 6.10. The van der Waals surface area contributed by atoms with Gasteiger partial charge in [-0.05, 0) is 28.6 Å². The van der Waals surface area contributed by atoms with Crippen molar-refractivity contribution in [2.24, 2.45) is 5.73 Å². The van der Waals surface area contributed by atoms with Gasteiger partial charge >= 0.3 is 0 Å². The molecule has 4 rings (SSSR count). The molecule has 2 heterocycles. The van der Waals surface area contributed by atoms with Crippen LogP contribution in [0.1, 0.15) is 10.4 Å². The molecule has 124 valence electrons. The highest BCUT2D eigenvalue weighted by atomic mass is 32.2. The standard InChI is InChI=1S/C9H9N3O4S2.C6H4/c1-18(14,15)12-9-6(8(10)13)7(11-16-9)5-2-3-17-4-5;1-2-5-4-6(5)3-1/h2-4,12H,1H3,(H2,10,13);1-4H. The van der Waals surface area contributed by atoms with Gasteiger partial charge in [0.15, 0.2) is 0 Å². The van der Waals surface area contributed by atoms with Crippen LogP contribution in [0.15, 0.2) is 45.6 Å². The Morgan fingerprint density at radius 1 is 1.25 bits per heavy atom. The van der Waals surface area contributed by atoms with Gasteiger partial charge in [0.25, 0.3) is 11.8 Å². The fourth-order valence-corrected chi connectivity index (χ4v) is 3.15. The molecule has 0 spiro atoms. The third kappa shape index (κ3) is 3.63. The Balaban J connectivity index is 0.000000231. The van der Waals surface area contributed by atoms with Crippen LogP contribution >= 0.6 is 11.3 Å². The minimum Gasteiger partial charge on any atom is -0.365 e. The molecule has 0 atom stereocenters. The average Bonchev–Trinajstić information content (AvgIpc) is 2.96. The zero-order valence-corrected chi connectivity index (χ0v) is 14.1. The van der Waals surface area contributed by atoms with Crippen molar-refractivity contribution in [2.75, 3.05) is 11.0 Å². The summed E-state index contributed by atoms with van der Waals surface area (Å²) < 4.78 is 29.1. The van der Waals surface area contributed by atoms with Crippen LogP contribution < -0.4 is 10.5 Å². The van der Waals surface area contributed by atoms with E-state index in [9.17, 15) is 13.2 Å². The zero-order valence-electron chi connectivity index (χ0n) is 12.5. The summed E-state index contributed by atoms with van der Waals surface area (Å²) in [5.41, 5.74) is 8.84. The predicted molar refractivity (Wildman–Crippen MR) is 92.2 cm³/mol. The van der Waals surface area contributed by atoms with E-state index < -0.39 is 15.9 Å². The molecule has 0 saturated carbocycles. The summed E-state index contributed by atoms with van der Waals surface area (Å²) in [6, 6.07) is 10.2. The van der Waals surface area contributed by atoms with Gasteiger partial charge in [-0.3, -0.25) is 9.52 Å². The highest BCUT2D eigenvalue weighted by Gasteiger charge is 2.24. The number of sulfonamides is 1. The predicted octanol–water partition coefficient (Wildman–Crippen LogP) is 2.54. The minimum atomic E-state index is -3.58. The van der Waals surface area contributed by atoms with Gasteiger partial charge in [0.1, 0.15) is 11.3 Å². The van der Waals surface area contributed by atoms with E-state index in [2.05, 4.69) is 34.1 Å². The number of primary amides is 1. The van der Waals surface area contributed by atoms with Gasteiger partial charge in [0.2, 0.25) is 10.0 Å². The fourth-order valence-electron chi connectivity index (χ4n) is 2.03. The van der Waals surface area contributed by atoms with E-state index in [0.29, 0.717) is 5.56 Å². The third-order valence-electron chi connectivity index (χ3n) is 3.12. The summed E-state index contributed by atoms with van der Waals surface area (Å²) in [7, 11) is -3.58. The monoisotopic (exact) mass is 363 g/mol. The SMILES string of the molecule is CS(=O)(=O)Nc1onc(-c2ccsc2)c1C(N)=O.c1cc2cc-2c1. The lowest BCUT2D eigenvalue weighted by molar-refractivity contribution is 0.100. The first-order chi connectivity index (χ1) is 11.3. The maximum absolute atomic E-state index is 11.4. The largest absolute Gasteiger partial charge is 0.365 e. The molecule has 24 heavy (non-hydrogen) atoms.